The maximum Gasteiger partial charge on any atom is 0.224 e. The first-order chi connectivity index (χ1) is 19.9. The molecule has 0 bridgehead atoms. The first kappa shape index (κ1) is 31.5. The summed E-state index contributed by atoms with van der Waals surface area (Å²) in [6.45, 7) is 2.72. The average Bonchev–Trinajstić information content (AvgIpc) is 3.52. The molecule has 4 N–H and O–H groups in total. The summed E-state index contributed by atoms with van der Waals surface area (Å²) >= 11 is 0. The van der Waals surface area contributed by atoms with Gasteiger partial charge in [-0.15, -0.1) is 0 Å². The van der Waals surface area contributed by atoms with E-state index in [2.05, 4.69) is 10.6 Å². The fourth-order valence-corrected chi connectivity index (χ4v) is 7.80. The predicted molar refractivity (Wildman–Crippen MR) is 161 cm³/mol. The summed E-state index contributed by atoms with van der Waals surface area (Å²) in [6, 6.07) is 10.8. The van der Waals surface area contributed by atoms with Crippen LogP contribution in [0.4, 0.5) is 5.69 Å². The number of aryl methyl sites for hydroxylation is 1. The fourth-order valence-electron chi connectivity index (χ4n) is 5.87. The number of benzene rings is 2. The third kappa shape index (κ3) is 9.01. The average molecular weight is 587 g/mol. The van der Waals surface area contributed by atoms with Crippen molar-refractivity contribution >= 4 is 21.4 Å². The minimum absolute atomic E-state index is 0.0377. The van der Waals surface area contributed by atoms with Crippen molar-refractivity contribution < 1.29 is 28.2 Å². The zero-order valence-corrected chi connectivity index (χ0v) is 24.9. The molecule has 41 heavy (non-hydrogen) atoms. The number of aliphatic hydroxyl groups is 1. The maximum absolute atomic E-state index is 12.9. The molecule has 0 spiro atoms. The molecule has 4 rings (SSSR count). The quantitative estimate of drug-likeness (QED) is 0.148. The Balaban J connectivity index is 1.01. The summed E-state index contributed by atoms with van der Waals surface area (Å²) in [6.07, 6.45) is 10.8. The minimum Gasteiger partial charge on any atom is -0.506 e. The SMILES string of the molecule is O=C1CCc2c([C@@H](O)CNCCCCCCOCCCCc3cccc(S(=O)(=O)C4CCCC4)c3)ccc(O)c2N1. The van der Waals surface area contributed by atoms with Crippen molar-refractivity contribution in [2.75, 3.05) is 31.6 Å². The van der Waals surface area contributed by atoms with Gasteiger partial charge in [0.1, 0.15) is 5.75 Å². The van der Waals surface area contributed by atoms with Crippen molar-refractivity contribution in [2.24, 2.45) is 0 Å². The third-order valence-corrected chi connectivity index (χ3v) is 10.5. The van der Waals surface area contributed by atoms with E-state index in [1.165, 1.54) is 6.07 Å². The van der Waals surface area contributed by atoms with Crippen LogP contribution < -0.4 is 10.6 Å². The molecule has 1 aliphatic carbocycles. The lowest BCUT2D eigenvalue weighted by molar-refractivity contribution is -0.116. The number of ether oxygens (including phenoxy) is 1. The molecule has 0 radical (unpaired) electrons. The number of aromatic hydroxyl groups is 1. The van der Waals surface area contributed by atoms with Crippen LogP contribution in [0.5, 0.6) is 5.75 Å². The molecule has 1 amide bonds. The van der Waals surface area contributed by atoms with E-state index in [1.54, 1.807) is 12.1 Å². The van der Waals surface area contributed by atoms with Crippen molar-refractivity contribution in [2.45, 2.75) is 99.7 Å². The zero-order chi connectivity index (χ0) is 29.1. The number of phenols is 1. The van der Waals surface area contributed by atoms with Crippen LogP contribution in [0.1, 0.15) is 93.4 Å². The first-order valence-corrected chi connectivity index (χ1v) is 16.8. The van der Waals surface area contributed by atoms with Crippen LogP contribution in [0, 0.1) is 0 Å². The smallest absolute Gasteiger partial charge is 0.224 e. The Morgan fingerprint density at radius 2 is 1.73 bits per heavy atom. The number of carbonyl (C=O) groups is 1. The second kappa shape index (κ2) is 15.7. The van der Waals surface area contributed by atoms with Gasteiger partial charge in [-0.05, 0) is 92.8 Å². The molecule has 2 aromatic rings. The van der Waals surface area contributed by atoms with Crippen molar-refractivity contribution in [1.82, 2.24) is 5.32 Å². The van der Waals surface area contributed by atoms with Gasteiger partial charge in [0.05, 0.1) is 21.9 Å². The standard InChI is InChI=1S/C32H46N2O6S/c35-29-17-15-27(28-16-18-31(37)34-32(28)29)30(36)23-33-19-6-1-2-7-20-40-21-8-5-10-24-11-9-14-26(22-24)41(38,39)25-12-3-4-13-25/h9,11,14-15,17,22,25,30,33,35-36H,1-8,10,12-13,16,18-21,23H2,(H,34,37)/t30-/m0/s1. The summed E-state index contributed by atoms with van der Waals surface area (Å²) in [5.41, 5.74) is 3.08. The van der Waals surface area contributed by atoms with Gasteiger partial charge in [-0.25, -0.2) is 8.42 Å². The van der Waals surface area contributed by atoms with E-state index in [1.807, 2.05) is 18.2 Å². The predicted octanol–water partition coefficient (Wildman–Crippen LogP) is 5.22. The van der Waals surface area contributed by atoms with E-state index in [4.69, 9.17) is 4.74 Å². The Hall–Kier alpha value is -2.46. The van der Waals surface area contributed by atoms with Crippen LogP contribution in [0.3, 0.4) is 0 Å². The Morgan fingerprint density at radius 3 is 2.54 bits per heavy atom. The molecule has 1 heterocycles. The van der Waals surface area contributed by atoms with Gasteiger partial charge in [-0.1, -0.05) is 43.9 Å². The lowest BCUT2D eigenvalue weighted by atomic mass is 9.93. The van der Waals surface area contributed by atoms with Gasteiger partial charge in [-0.3, -0.25) is 4.79 Å². The van der Waals surface area contributed by atoms with E-state index in [0.29, 0.717) is 30.0 Å². The number of rotatable bonds is 17. The van der Waals surface area contributed by atoms with Gasteiger partial charge in [-0.2, -0.15) is 0 Å². The lowest BCUT2D eigenvalue weighted by Gasteiger charge is -2.23. The van der Waals surface area contributed by atoms with E-state index in [9.17, 15) is 23.4 Å². The van der Waals surface area contributed by atoms with Gasteiger partial charge in [0.15, 0.2) is 9.84 Å². The molecule has 0 unspecified atom stereocenters. The number of sulfone groups is 1. The second-order valence-corrected chi connectivity index (χ2v) is 13.6. The Morgan fingerprint density at radius 1 is 0.976 bits per heavy atom. The summed E-state index contributed by atoms with van der Waals surface area (Å²) < 4.78 is 31.5. The number of nitrogens with one attached hydrogen (secondary N) is 2. The van der Waals surface area contributed by atoms with E-state index < -0.39 is 15.9 Å². The van der Waals surface area contributed by atoms with Crippen molar-refractivity contribution in [1.29, 1.82) is 0 Å². The number of hydrogen-bond acceptors (Lipinski definition) is 7. The molecule has 8 nitrogen and oxygen atoms in total. The molecular weight excluding hydrogens is 540 g/mol. The summed E-state index contributed by atoms with van der Waals surface area (Å²) in [5.74, 6) is -0.0780. The molecule has 2 aliphatic rings. The summed E-state index contributed by atoms with van der Waals surface area (Å²) in [7, 11) is -3.20. The highest BCUT2D eigenvalue weighted by Crippen LogP contribution is 2.36. The maximum atomic E-state index is 12.9. The highest BCUT2D eigenvalue weighted by Gasteiger charge is 2.30. The number of phenolic OH excluding ortho intramolecular Hbond substituents is 1. The highest BCUT2D eigenvalue weighted by atomic mass is 32.2. The molecule has 1 fully saturated rings. The molecule has 2 aromatic carbocycles. The van der Waals surface area contributed by atoms with Crippen LogP contribution >= 0.6 is 0 Å². The van der Waals surface area contributed by atoms with Gasteiger partial charge in [0.2, 0.25) is 5.91 Å². The van der Waals surface area contributed by atoms with Crippen molar-refractivity contribution in [3.63, 3.8) is 0 Å². The third-order valence-electron chi connectivity index (χ3n) is 8.25. The normalized spacial score (nSPS) is 16.5. The van der Waals surface area contributed by atoms with Crippen LogP contribution in [0.15, 0.2) is 41.3 Å². The monoisotopic (exact) mass is 586 g/mol. The minimum atomic E-state index is -3.20. The zero-order valence-electron chi connectivity index (χ0n) is 24.1. The molecule has 1 atom stereocenters. The Kier molecular flexibility index (Phi) is 12.0. The molecule has 0 saturated heterocycles. The molecule has 0 aromatic heterocycles. The molecule has 226 valence electrons. The molecular formula is C32H46N2O6S. The van der Waals surface area contributed by atoms with Gasteiger partial charge in [0, 0.05) is 26.2 Å². The number of amides is 1. The summed E-state index contributed by atoms with van der Waals surface area (Å²) in [4.78, 5) is 12.1. The van der Waals surface area contributed by atoms with Crippen LogP contribution in [-0.2, 0) is 32.2 Å². The number of hydrogen-bond donors (Lipinski definition) is 4. The number of aliphatic hydroxyl groups excluding tert-OH is 1. The number of unbranched alkanes of at least 4 members (excludes halogenated alkanes) is 4. The van der Waals surface area contributed by atoms with Crippen molar-refractivity contribution in [3.8, 4) is 5.75 Å². The van der Waals surface area contributed by atoms with E-state index >= 15 is 0 Å². The highest BCUT2D eigenvalue weighted by molar-refractivity contribution is 7.92. The first-order valence-electron chi connectivity index (χ1n) is 15.3. The van der Waals surface area contributed by atoms with Crippen molar-refractivity contribution in [3.05, 3.63) is 53.1 Å². The van der Waals surface area contributed by atoms with Gasteiger partial charge < -0.3 is 25.6 Å². The second-order valence-electron chi connectivity index (χ2n) is 11.4. The number of fused-ring (bicyclic) bond motifs is 1. The van der Waals surface area contributed by atoms with Gasteiger partial charge >= 0.3 is 0 Å². The van der Waals surface area contributed by atoms with Crippen LogP contribution in [0.25, 0.3) is 0 Å². The fraction of sp³-hybridized carbons (Fsp3) is 0.594. The molecule has 9 heteroatoms. The van der Waals surface area contributed by atoms with E-state index in [0.717, 1.165) is 107 Å². The van der Waals surface area contributed by atoms with E-state index in [-0.39, 0.29) is 16.9 Å². The van der Waals surface area contributed by atoms with Crippen LogP contribution in [-0.4, -0.2) is 56.1 Å². The largest absolute Gasteiger partial charge is 0.506 e. The van der Waals surface area contributed by atoms with Gasteiger partial charge in [0.25, 0.3) is 0 Å². The topological polar surface area (TPSA) is 125 Å². The lowest BCUT2D eigenvalue weighted by Crippen LogP contribution is -2.25. The Labute approximate surface area is 244 Å². The Bertz CT molecular complexity index is 1240. The molecule has 1 saturated carbocycles. The van der Waals surface area contributed by atoms with Crippen LogP contribution in [0.2, 0.25) is 0 Å². The number of anilines is 1. The summed E-state index contributed by atoms with van der Waals surface area (Å²) in [5, 5.41) is 26.5. The number of carbonyl (C=O) groups excluding carboxylic acids is 1. The molecule has 1 aliphatic heterocycles.